The van der Waals surface area contributed by atoms with Crippen LogP contribution in [-0.2, 0) is 11.0 Å². The van der Waals surface area contributed by atoms with Gasteiger partial charge in [0.05, 0.1) is 11.1 Å². The minimum absolute atomic E-state index is 0.114. The first-order chi connectivity index (χ1) is 15.3. The van der Waals surface area contributed by atoms with Gasteiger partial charge in [-0.3, -0.25) is 15.6 Å². The van der Waals surface area contributed by atoms with E-state index in [9.17, 15) is 18.0 Å². The van der Waals surface area contributed by atoms with E-state index in [2.05, 4.69) is 25.9 Å². The maximum Gasteiger partial charge on any atom is 0.416 e. The average molecular weight is 438 g/mol. The van der Waals surface area contributed by atoms with E-state index in [1.807, 2.05) is 30.3 Å². The smallest absolute Gasteiger partial charge is 0.282 e. The van der Waals surface area contributed by atoms with Crippen molar-refractivity contribution in [2.45, 2.75) is 13.1 Å². The summed E-state index contributed by atoms with van der Waals surface area (Å²) in [5.74, 6) is 0.100. The van der Waals surface area contributed by atoms with Crippen LogP contribution in [0.25, 0.3) is 28.5 Å². The maximum absolute atomic E-state index is 13.0. The molecule has 0 spiro atoms. The summed E-state index contributed by atoms with van der Waals surface area (Å²) in [6.45, 7) is 1.57. The molecule has 4 rings (SSSR count). The van der Waals surface area contributed by atoms with Crippen LogP contribution in [0.3, 0.4) is 0 Å². The van der Waals surface area contributed by atoms with E-state index in [0.717, 1.165) is 23.0 Å². The molecule has 0 unspecified atom stereocenters. The number of pyridine rings is 1. The van der Waals surface area contributed by atoms with Gasteiger partial charge in [-0.1, -0.05) is 18.2 Å². The Morgan fingerprint density at radius 2 is 1.91 bits per heavy atom. The molecule has 0 bridgehead atoms. The van der Waals surface area contributed by atoms with Gasteiger partial charge >= 0.3 is 6.18 Å². The minimum atomic E-state index is -4.46. The number of para-hydroxylation sites is 1. The van der Waals surface area contributed by atoms with Gasteiger partial charge in [0.15, 0.2) is 5.82 Å². The molecule has 162 valence electrons. The minimum Gasteiger partial charge on any atom is -0.282 e. The molecule has 0 aliphatic heterocycles. The van der Waals surface area contributed by atoms with Crippen LogP contribution in [0.1, 0.15) is 11.1 Å². The van der Waals surface area contributed by atoms with Gasteiger partial charge in [-0.05, 0) is 48.9 Å². The normalized spacial score (nSPS) is 11.8. The molecule has 7 nitrogen and oxygen atoms in total. The molecule has 0 aliphatic carbocycles. The summed E-state index contributed by atoms with van der Waals surface area (Å²) >= 11 is 0. The molecule has 2 aromatic carbocycles. The summed E-state index contributed by atoms with van der Waals surface area (Å²) in [6, 6.07) is 14.8. The Labute approximate surface area is 180 Å². The highest BCUT2D eigenvalue weighted by molar-refractivity contribution is 5.91. The summed E-state index contributed by atoms with van der Waals surface area (Å²) in [6.07, 6.45) is -0.632. The van der Waals surface area contributed by atoms with Crippen LogP contribution >= 0.6 is 0 Å². The zero-order valence-corrected chi connectivity index (χ0v) is 16.8. The molecular formula is C22H17F3N6O. The molecule has 0 fully saturated rings. The van der Waals surface area contributed by atoms with Crippen molar-refractivity contribution in [2.24, 2.45) is 0 Å². The van der Waals surface area contributed by atoms with Gasteiger partial charge in [0.25, 0.3) is 5.91 Å². The van der Waals surface area contributed by atoms with Crippen LogP contribution in [0, 0.1) is 6.92 Å². The maximum atomic E-state index is 13.0. The number of aryl methyl sites for hydroxylation is 1. The standard InChI is InChI=1S/C22H17F3N6O/c1-14-10-16(12-17(11-14)22(23,24)25)21-26-13-31(30-21)9-8-20(32)29-28-19-7-6-15-4-2-3-5-18(15)27-19/h2-13H,1H3,(H,27,28)(H,29,32)/b9-8-. The number of nitrogens with zero attached hydrogens (tertiary/aromatic N) is 4. The van der Waals surface area contributed by atoms with E-state index in [1.54, 1.807) is 19.1 Å². The Balaban J connectivity index is 1.41. The highest BCUT2D eigenvalue weighted by atomic mass is 19.4. The Hall–Kier alpha value is -4.21. The lowest BCUT2D eigenvalue weighted by molar-refractivity contribution is -0.137. The number of carbonyl (C=O) groups is 1. The van der Waals surface area contributed by atoms with Crippen LogP contribution in [0.15, 0.2) is 67.0 Å². The lowest BCUT2D eigenvalue weighted by atomic mass is 10.1. The third-order valence-corrected chi connectivity index (χ3v) is 4.46. The van der Waals surface area contributed by atoms with E-state index in [4.69, 9.17) is 0 Å². The summed E-state index contributed by atoms with van der Waals surface area (Å²) in [7, 11) is 0. The largest absolute Gasteiger partial charge is 0.416 e. The zero-order chi connectivity index (χ0) is 22.7. The summed E-state index contributed by atoms with van der Waals surface area (Å²) in [4.78, 5) is 20.5. The van der Waals surface area contributed by atoms with Crippen LogP contribution in [0.4, 0.5) is 19.0 Å². The first-order valence-corrected chi connectivity index (χ1v) is 9.48. The number of aromatic nitrogens is 4. The van der Waals surface area contributed by atoms with Gasteiger partial charge in [-0.2, -0.15) is 13.2 Å². The predicted molar refractivity (Wildman–Crippen MR) is 114 cm³/mol. The Kier molecular flexibility index (Phi) is 5.59. The molecule has 0 atom stereocenters. The Morgan fingerprint density at radius 1 is 1.09 bits per heavy atom. The van der Waals surface area contributed by atoms with E-state index in [1.165, 1.54) is 23.3 Å². The molecule has 2 heterocycles. The quantitative estimate of drug-likeness (QED) is 0.356. The van der Waals surface area contributed by atoms with Crippen molar-refractivity contribution in [2.75, 3.05) is 5.43 Å². The van der Waals surface area contributed by atoms with Gasteiger partial charge < -0.3 is 0 Å². The molecule has 0 saturated carbocycles. The Bertz CT molecular complexity index is 1310. The molecule has 2 aromatic heterocycles. The van der Waals surface area contributed by atoms with Crippen molar-refractivity contribution >= 4 is 28.8 Å². The number of carbonyl (C=O) groups excluding carboxylic acids is 1. The number of hydrogen-bond donors (Lipinski definition) is 2. The second kappa shape index (κ2) is 8.50. The number of hydrogen-bond acceptors (Lipinski definition) is 5. The molecule has 0 aliphatic rings. The third-order valence-electron chi connectivity index (χ3n) is 4.46. The number of alkyl halides is 3. The average Bonchev–Trinajstić information content (AvgIpc) is 3.24. The van der Waals surface area contributed by atoms with Gasteiger partial charge in [0, 0.05) is 23.2 Å². The number of amides is 1. The van der Waals surface area contributed by atoms with Crippen molar-refractivity contribution < 1.29 is 18.0 Å². The van der Waals surface area contributed by atoms with E-state index in [-0.39, 0.29) is 11.4 Å². The number of hydrazine groups is 1. The van der Waals surface area contributed by atoms with Crippen LogP contribution in [0.5, 0.6) is 0 Å². The van der Waals surface area contributed by atoms with Crippen molar-refractivity contribution in [1.29, 1.82) is 0 Å². The Morgan fingerprint density at radius 3 is 2.72 bits per heavy atom. The molecule has 1 amide bonds. The van der Waals surface area contributed by atoms with E-state index in [0.29, 0.717) is 11.4 Å². The topological polar surface area (TPSA) is 84.7 Å². The zero-order valence-electron chi connectivity index (χ0n) is 16.8. The number of benzene rings is 2. The predicted octanol–water partition coefficient (Wildman–Crippen LogP) is 4.43. The number of halogens is 3. The molecule has 0 radical (unpaired) electrons. The summed E-state index contributed by atoms with van der Waals surface area (Å²) in [5.41, 5.74) is 5.88. The van der Waals surface area contributed by atoms with Crippen molar-refractivity contribution in [1.82, 2.24) is 25.2 Å². The summed E-state index contributed by atoms with van der Waals surface area (Å²) < 4.78 is 40.4. The van der Waals surface area contributed by atoms with E-state index >= 15 is 0 Å². The third kappa shape index (κ3) is 4.91. The highest BCUT2D eigenvalue weighted by Gasteiger charge is 2.31. The van der Waals surface area contributed by atoms with Gasteiger partial charge in [-0.25, -0.2) is 14.6 Å². The number of fused-ring (bicyclic) bond motifs is 1. The van der Waals surface area contributed by atoms with Gasteiger partial charge in [-0.15, -0.1) is 5.10 Å². The number of nitrogens with one attached hydrogen (secondary N) is 2. The van der Waals surface area contributed by atoms with Crippen LogP contribution in [0.2, 0.25) is 0 Å². The summed E-state index contributed by atoms with van der Waals surface area (Å²) in [5, 5.41) is 5.08. The van der Waals surface area contributed by atoms with E-state index < -0.39 is 17.6 Å². The van der Waals surface area contributed by atoms with Gasteiger partial charge in [0.2, 0.25) is 0 Å². The lowest BCUT2D eigenvalue weighted by Crippen LogP contribution is -2.28. The molecule has 2 N–H and O–H groups in total. The SMILES string of the molecule is Cc1cc(-c2ncn(/C=C\C(=O)NNc3ccc4ccccc4n3)n2)cc(C(F)(F)F)c1. The van der Waals surface area contributed by atoms with Crippen LogP contribution in [-0.4, -0.2) is 25.7 Å². The molecule has 0 saturated heterocycles. The number of anilines is 1. The second-order valence-corrected chi connectivity index (χ2v) is 6.95. The highest BCUT2D eigenvalue weighted by Crippen LogP contribution is 2.32. The molecule has 10 heteroatoms. The molecule has 4 aromatic rings. The monoisotopic (exact) mass is 438 g/mol. The second-order valence-electron chi connectivity index (χ2n) is 6.95. The number of rotatable bonds is 5. The lowest BCUT2D eigenvalue weighted by Gasteiger charge is -2.09. The molecule has 32 heavy (non-hydrogen) atoms. The fraction of sp³-hybridized carbons (Fsp3) is 0.0909. The molecular weight excluding hydrogens is 421 g/mol. The fourth-order valence-corrected chi connectivity index (χ4v) is 3.00. The van der Waals surface area contributed by atoms with Crippen molar-refractivity contribution in [3.05, 3.63) is 78.1 Å². The van der Waals surface area contributed by atoms with Crippen molar-refractivity contribution in [3.8, 4) is 11.4 Å². The first kappa shape index (κ1) is 21.0. The van der Waals surface area contributed by atoms with Crippen molar-refractivity contribution in [3.63, 3.8) is 0 Å². The van der Waals surface area contributed by atoms with Crippen LogP contribution < -0.4 is 10.9 Å². The fourth-order valence-electron chi connectivity index (χ4n) is 3.00. The first-order valence-electron chi connectivity index (χ1n) is 9.48. The van der Waals surface area contributed by atoms with Gasteiger partial charge in [0.1, 0.15) is 12.1 Å².